The standard InChI is InChI=1S/C6H5Cl2NO.C6H6ClNO/c7-5-3(9)1-2-4(10)6(5)8;7-5-3-4(8)1-2-6(5)9/h1-2,10H,9H2;1-3,9H,8H2. The molecule has 2 aromatic rings. The first-order valence-electron chi connectivity index (χ1n) is 4.99. The molecule has 0 saturated heterocycles. The van der Waals surface area contributed by atoms with Crippen molar-refractivity contribution in [1.82, 2.24) is 0 Å². The maximum atomic E-state index is 8.95. The summed E-state index contributed by atoms with van der Waals surface area (Å²) in [5, 5.41) is 18.4. The molecule has 0 aromatic heterocycles. The molecule has 0 saturated carbocycles. The van der Waals surface area contributed by atoms with E-state index in [1.807, 2.05) is 0 Å². The number of hydrogen-bond acceptors (Lipinski definition) is 4. The molecule has 0 bridgehead atoms. The fourth-order valence-electron chi connectivity index (χ4n) is 1.08. The molecule has 0 heterocycles. The molecule has 19 heavy (non-hydrogen) atoms. The lowest BCUT2D eigenvalue weighted by Gasteiger charge is -2.00. The number of anilines is 2. The topological polar surface area (TPSA) is 92.5 Å². The largest absolute Gasteiger partial charge is 0.506 e. The van der Waals surface area contributed by atoms with Crippen molar-refractivity contribution in [2.45, 2.75) is 0 Å². The van der Waals surface area contributed by atoms with E-state index in [4.69, 9.17) is 56.5 Å². The molecule has 0 radical (unpaired) electrons. The van der Waals surface area contributed by atoms with Gasteiger partial charge in [-0.1, -0.05) is 34.8 Å². The average molecular weight is 322 g/mol. The fourth-order valence-corrected chi connectivity index (χ4v) is 1.60. The van der Waals surface area contributed by atoms with E-state index in [1.54, 1.807) is 6.07 Å². The first-order chi connectivity index (χ1) is 8.82. The predicted molar refractivity (Wildman–Crippen MR) is 80.1 cm³/mol. The Bertz CT molecular complexity index is 564. The van der Waals surface area contributed by atoms with E-state index < -0.39 is 0 Å². The molecule has 0 atom stereocenters. The normalized spacial score (nSPS) is 9.63. The van der Waals surface area contributed by atoms with E-state index in [0.29, 0.717) is 11.4 Å². The molecule has 0 amide bonds. The second-order valence-electron chi connectivity index (χ2n) is 3.51. The van der Waals surface area contributed by atoms with Crippen molar-refractivity contribution in [2.24, 2.45) is 0 Å². The number of rotatable bonds is 0. The summed E-state index contributed by atoms with van der Waals surface area (Å²) in [5.41, 5.74) is 11.6. The van der Waals surface area contributed by atoms with Gasteiger partial charge >= 0.3 is 0 Å². The first-order valence-corrected chi connectivity index (χ1v) is 6.12. The summed E-state index contributed by atoms with van der Waals surface area (Å²) in [4.78, 5) is 0. The highest BCUT2D eigenvalue weighted by Gasteiger charge is 2.05. The van der Waals surface area contributed by atoms with Gasteiger partial charge in [-0.3, -0.25) is 0 Å². The van der Waals surface area contributed by atoms with Crippen LogP contribution < -0.4 is 11.5 Å². The molecular weight excluding hydrogens is 311 g/mol. The van der Waals surface area contributed by atoms with Crippen LogP contribution in [0, 0.1) is 0 Å². The van der Waals surface area contributed by atoms with Crippen molar-refractivity contribution in [3.63, 3.8) is 0 Å². The summed E-state index contributed by atoms with van der Waals surface area (Å²) in [6.07, 6.45) is 0. The number of nitrogen functional groups attached to an aromatic ring is 2. The smallest absolute Gasteiger partial charge is 0.135 e. The highest BCUT2D eigenvalue weighted by Crippen LogP contribution is 2.34. The van der Waals surface area contributed by atoms with Gasteiger partial charge < -0.3 is 21.7 Å². The molecule has 2 rings (SSSR count). The van der Waals surface area contributed by atoms with Crippen LogP contribution in [0.3, 0.4) is 0 Å². The summed E-state index contributed by atoms with van der Waals surface area (Å²) >= 11 is 16.6. The lowest BCUT2D eigenvalue weighted by molar-refractivity contribution is 0.475. The molecule has 0 aliphatic heterocycles. The van der Waals surface area contributed by atoms with Crippen LogP contribution in [-0.2, 0) is 0 Å². The van der Waals surface area contributed by atoms with Crippen LogP contribution in [0.15, 0.2) is 30.3 Å². The molecule has 102 valence electrons. The summed E-state index contributed by atoms with van der Waals surface area (Å²) in [6, 6.07) is 7.42. The summed E-state index contributed by atoms with van der Waals surface area (Å²) in [7, 11) is 0. The maximum absolute atomic E-state index is 8.95. The van der Waals surface area contributed by atoms with E-state index >= 15 is 0 Å². The van der Waals surface area contributed by atoms with Gasteiger partial charge in [-0.25, -0.2) is 0 Å². The average Bonchev–Trinajstić information content (AvgIpc) is 2.37. The van der Waals surface area contributed by atoms with Crippen molar-refractivity contribution in [1.29, 1.82) is 0 Å². The number of phenolic OH excluding ortho intramolecular Hbond substituents is 2. The fraction of sp³-hybridized carbons (Fsp3) is 0. The summed E-state index contributed by atoms with van der Waals surface area (Å²) in [5.74, 6) is 0.00623. The Hall–Kier alpha value is -1.49. The third-order valence-corrected chi connectivity index (χ3v) is 3.25. The quantitative estimate of drug-likeness (QED) is 0.437. The van der Waals surface area contributed by atoms with Crippen LogP contribution in [0.5, 0.6) is 11.5 Å². The SMILES string of the molecule is Nc1ccc(O)c(Cl)c1.Nc1ccc(O)c(Cl)c1Cl. The molecule has 2 aromatic carbocycles. The van der Waals surface area contributed by atoms with Gasteiger partial charge in [0.05, 0.1) is 15.7 Å². The van der Waals surface area contributed by atoms with Gasteiger partial charge in [0.15, 0.2) is 0 Å². The van der Waals surface area contributed by atoms with E-state index in [0.717, 1.165) is 0 Å². The minimum absolute atomic E-state index is 0.0548. The van der Waals surface area contributed by atoms with Crippen molar-refractivity contribution in [3.8, 4) is 11.5 Å². The lowest BCUT2D eigenvalue weighted by atomic mass is 10.3. The van der Waals surface area contributed by atoms with E-state index in [2.05, 4.69) is 0 Å². The lowest BCUT2D eigenvalue weighted by Crippen LogP contribution is -1.85. The Kier molecular flexibility index (Phi) is 5.42. The number of aromatic hydroxyl groups is 2. The molecule has 6 N–H and O–H groups in total. The van der Waals surface area contributed by atoms with E-state index in [1.165, 1.54) is 24.3 Å². The second-order valence-corrected chi connectivity index (χ2v) is 4.68. The third kappa shape index (κ3) is 4.28. The van der Waals surface area contributed by atoms with Gasteiger partial charge in [-0.15, -0.1) is 0 Å². The zero-order chi connectivity index (χ0) is 14.6. The number of halogens is 3. The number of benzene rings is 2. The Morgan fingerprint density at radius 1 is 0.789 bits per heavy atom. The Morgan fingerprint density at radius 3 is 1.84 bits per heavy atom. The summed E-state index contributed by atoms with van der Waals surface area (Å²) < 4.78 is 0. The molecule has 0 aliphatic carbocycles. The number of hydrogen-bond donors (Lipinski definition) is 4. The maximum Gasteiger partial charge on any atom is 0.135 e. The zero-order valence-corrected chi connectivity index (χ0v) is 11.8. The first kappa shape index (κ1) is 15.6. The van der Waals surface area contributed by atoms with Crippen LogP contribution in [0.1, 0.15) is 0 Å². The molecule has 0 spiro atoms. The van der Waals surface area contributed by atoms with Crippen LogP contribution in [0.4, 0.5) is 11.4 Å². The number of phenols is 2. The van der Waals surface area contributed by atoms with E-state index in [9.17, 15) is 0 Å². The van der Waals surface area contributed by atoms with Crippen molar-refractivity contribution in [3.05, 3.63) is 45.4 Å². The van der Waals surface area contributed by atoms with Gasteiger partial charge in [0.1, 0.15) is 16.5 Å². The van der Waals surface area contributed by atoms with Crippen LogP contribution >= 0.6 is 34.8 Å². The minimum atomic E-state index is -0.0548. The Labute approximate surface area is 125 Å². The molecular formula is C12H11Cl3N2O2. The van der Waals surface area contributed by atoms with Crippen molar-refractivity contribution in [2.75, 3.05) is 11.5 Å². The highest BCUT2D eigenvalue weighted by molar-refractivity contribution is 6.44. The van der Waals surface area contributed by atoms with Gasteiger partial charge in [0.25, 0.3) is 0 Å². The monoisotopic (exact) mass is 320 g/mol. The second kappa shape index (κ2) is 6.61. The molecule has 4 nitrogen and oxygen atoms in total. The van der Waals surface area contributed by atoms with E-state index in [-0.39, 0.29) is 26.6 Å². The van der Waals surface area contributed by atoms with Crippen molar-refractivity contribution >= 4 is 46.2 Å². The minimum Gasteiger partial charge on any atom is -0.506 e. The van der Waals surface area contributed by atoms with Gasteiger partial charge in [-0.05, 0) is 30.3 Å². The zero-order valence-electron chi connectivity index (χ0n) is 9.57. The van der Waals surface area contributed by atoms with Crippen LogP contribution in [-0.4, -0.2) is 10.2 Å². The number of nitrogens with two attached hydrogens (primary N) is 2. The van der Waals surface area contributed by atoms with Gasteiger partial charge in [0.2, 0.25) is 0 Å². The molecule has 0 fully saturated rings. The van der Waals surface area contributed by atoms with Crippen LogP contribution in [0.2, 0.25) is 15.1 Å². The molecule has 7 heteroatoms. The Balaban J connectivity index is 0.000000191. The Morgan fingerprint density at radius 2 is 1.37 bits per heavy atom. The van der Waals surface area contributed by atoms with Crippen molar-refractivity contribution < 1.29 is 10.2 Å². The molecule has 0 unspecified atom stereocenters. The predicted octanol–water partition coefficient (Wildman–Crippen LogP) is 3.91. The van der Waals surface area contributed by atoms with Crippen LogP contribution in [0.25, 0.3) is 0 Å². The van der Waals surface area contributed by atoms with Gasteiger partial charge in [0, 0.05) is 5.69 Å². The third-order valence-electron chi connectivity index (χ3n) is 2.06. The molecule has 0 aliphatic rings. The van der Waals surface area contributed by atoms with Gasteiger partial charge in [-0.2, -0.15) is 0 Å². The highest BCUT2D eigenvalue weighted by atomic mass is 35.5. The summed E-state index contributed by atoms with van der Waals surface area (Å²) in [6.45, 7) is 0.